The predicted molar refractivity (Wildman–Crippen MR) is 263 cm³/mol. The number of hydrogen-bond donors (Lipinski definition) is 0. The molecule has 4 unspecified atom stereocenters. The zero-order valence-corrected chi connectivity index (χ0v) is 36.8. The zero-order chi connectivity index (χ0) is 42.3. The van der Waals surface area contributed by atoms with Gasteiger partial charge in [-0.1, -0.05) is 143 Å². The van der Waals surface area contributed by atoms with Crippen LogP contribution in [-0.2, 0) is 17.3 Å². The fourth-order valence-corrected chi connectivity index (χ4v) is 11.8. The molecule has 7 aromatic rings. The second-order valence-corrected chi connectivity index (χ2v) is 18.9. The lowest BCUT2D eigenvalue weighted by Gasteiger charge is -2.40. The molecule has 0 aromatic heterocycles. The minimum atomic E-state index is -0.0779. The Hall–Kier alpha value is -6.12. The fourth-order valence-electron chi connectivity index (χ4n) is 11.8. The van der Waals surface area contributed by atoms with Gasteiger partial charge in [-0.25, -0.2) is 0 Å². The van der Waals surface area contributed by atoms with E-state index in [2.05, 4.69) is 219 Å². The second kappa shape index (κ2) is 16.6. The van der Waals surface area contributed by atoms with Gasteiger partial charge in [-0.2, -0.15) is 0 Å². The molecule has 3 aliphatic carbocycles. The molecule has 3 aliphatic rings. The molecule has 2 nitrogen and oxygen atoms in total. The molecule has 0 amide bonds. The van der Waals surface area contributed by atoms with E-state index in [1.165, 1.54) is 112 Å². The van der Waals surface area contributed by atoms with Gasteiger partial charge in [-0.3, -0.25) is 0 Å². The van der Waals surface area contributed by atoms with E-state index >= 15 is 0 Å². The van der Waals surface area contributed by atoms with E-state index in [0.717, 1.165) is 18.8 Å². The van der Waals surface area contributed by atoms with Gasteiger partial charge in [0.15, 0.2) is 0 Å². The van der Waals surface area contributed by atoms with Crippen molar-refractivity contribution < 1.29 is 0 Å². The number of rotatable bonds is 14. The molecule has 4 atom stereocenters. The van der Waals surface area contributed by atoms with Crippen molar-refractivity contribution in [1.29, 1.82) is 0 Å². The summed E-state index contributed by atoms with van der Waals surface area (Å²) in [7, 11) is 0. The van der Waals surface area contributed by atoms with E-state index in [9.17, 15) is 0 Å². The number of nitrogens with zero attached hydrogens (tertiary/aromatic N) is 2. The third-order valence-corrected chi connectivity index (χ3v) is 15.1. The first kappa shape index (κ1) is 40.0. The maximum absolute atomic E-state index is 4.01. The molecular weight excluding hydrogens is 749 g/mol. The van der Waals surface area contributed by atoms with Crippen LogP contribution in [0.1, 0.15) is 93.5 Å². The van der Waals surface area contributed by atoms with E-state index in [-0.39, 0.29) is 10.8 Å². The molecule has 0 spiro atoms. The lowest BCUT2D eigenvalue weighted by Crippen LogP contribution is -2.34. The summed E-state index contributed by atoms with van der Waals surface area (Å²) >= 11 is 0. The molecule has 2 saturated carbocycles. The average Bonchev–Trinajstić information content (AvgIpc) is 4.01. The van der Waals surface area contributed by atoms with Crippen molar-refractivity contribution in [3.8, 4) is 11.1 Å². The predicted octanol–water partition coefficient (Wildman–Crippen LogP) is 16.6. The largest absolute Gasteiger partial charge is 0.311 e. The van der Waals surface area contributed by atoms with Gasteiger partial charge in [0, 0.05) is 45.0 Å². The summed E-state index contributed by atoms with van der Waals surface area (Å²) in [6.07, 6.45) is 11.8. The van der Waals surface area contributed by atoms with Gasteiger partial charge >= 0.3 is 0 Å². The number of para-hydroxylation sites is 2. The monoisotopic (exact) mass is 808 g/mol. The highest BCUT2D eigenvalue weighted by Crippen LogP contribution is 2.60. The van der Waals surface area contributed by atoms with Crippen LogP contribution in [0.4, 0.5) is 34.1 Å². The third kappa shape index (κ3) is 7.08. The van der Waals surface area contributed by atoms with Crippen molar-refractivity contribution >= 4 is 34.1 Å². The molecule has 0 aliphatic heterocycles. The van der Waals surface area contributed by atoms with Gasteiger partial charge in [0.05, 0.1) is 0 Å². The van der Waals surface area contributed by atoms with Crippen molar-refractivity contribution in [2.75, 3.05) is 9.80 Å². The van der Waals surface area contributed by atoms with Gasteiger partial charge in [0.25, 0.3) is 0 Å². The average molecular weight is 809 g/mol. The van der Waals surface area contributed by atoms with E-state index in [1.807, 2.05) is 0 Å². The molecule has 0 N–H and O–H groups in total. The Morgan fingerprint density at radius 3 is 1.65 bits per heavy atom. The van der Waals surface area contributed by atoms with Gasteiger partial charge in [-0.05, 0) is 168 Å². The molecule has 62 heavy (non-hydrogen) atoms. The molecule has 2 fully saturated rings. The van der Waals surface area contributed by atoms with Crippen molar-refractivity contribution in [2.24, 2.45) is 17.8 Å². The van der Waals surface area contributed by atoms with Crippen LogP contribution < -0.4 is 9.80 Å². The zero-order valence-electron chi connectivity index (χ0n) is 36.8. The summed E-state index contributed by atoms with van der Waals surface area (Å²) in [4.78, 5) is 4.86. The first-order valence-electron chi connectivity index (χ1n) is 23.2. The van der Waals surface area contributed by atoms with Crippen LogP contribution in [0, 0.1) is 17.8 Å². The lowest BCUT2D eigenvalue weighted by atomic mass is 9.64. The van der Waals surface area contributed by atoms with Crippen LogP contribution in [0.15, 0.2) is 189 Å². The number of allylic oxidation sites excluding steroid dienone is 1. The number of hydrogen-bond acceptors (Lipinski definition) is 2. The standard InChI is InChI=1S/C60H60N2/c1-5-15-43(6-2)22-23-44-25-32-51(33-26-44)62(54-38-39-56-55-20-13-14-21-57(55)59(3,4)58(56)41-54)53-36-30-47(31-37-53)60(42-45-24-27-48(60)40-45)46-28-34-52(35-29-46)61(49-16-9-7-10-17-49)50-18-11-8-12-19-50/h5,7-14,16-21,25-26,28-39,41,43,45,48H,1,6,15,22-24,27,40,42H2,2-4H3. The molecule has 310 valence electrons. The Bertz CT molecular complexity index is 2600. The van der Waals surface area contributed by atoms with E-state index in [4.69, 9.17) is 0 Å². The quantitative estimate of drug-likeness (QED) is 0.101. The van der Waals surface area contributed by atoms with Crippen molar-refractivity contribution in [1.82, 2.24) is 0 Å². The van der Waals surface area contributed by atoms with Gasteiger partial charge in [0.1, 0.15) is 0 Å². The SMILES string of the molecule is C=CCC(CC)CCc1ccc(N(c2ccc(C3(c4ccc(N(c5ccccc5)c5ccccc5)cc4)CC4CCC3C4)cc2)c2ccc3c(c2)C(C)(C)c2ccccc2-3)cc1. The fraction of sp³-hybridized carbons (Fsp3) is 0.267. The normalized spacial score (nSPS) is 19.7. The van der Waals surface area contributed by atoms with Crippen LogP contribution in [0.3, 0.4) is 0 Å². The number of fused-ring (bicyclic) bond motifs is 5. The smallest absolute Gasteiger partial charge is 0.0465 e. The molecule has 2 bridgehead atoms. The highest BCUT2D eigenvalue weighted by molar-refractivity contribution is 5.85. The second-order valence-electron chi connectivity index (χ2n) is 18.9. The van der Waals surface area contributed by atoms with Gasteiger partial charge < -0.3 is 9.80 Å². The Labute approximate surface area is 370 Å². The number of benzene rings is 7. The first-order valence-corrected chi connectivity index (χ1v) is 23.2. The van der Waals surface area contributed by atoms with Crippen LogP contribution in [0.2, 0.25) is 0 Å². The Morgan fingerprint density at radius 1 is 0.581 bits per heavy atom. The molecule has 7 aromatic carbocycles. The summed E-state index contributed by atoms with van der Waals surface area (Å²) in [5, 5.41) is 0. The topological polar surface area (TPSA) is 6.48 Å². The lowest BCUT2D eigenvalue weighted by molar-refractivity contribution is 0.320. The highest BCUT2D eigenvalue weighted by atomic mass is 15.1. The van der Waals surface area contributed by atoms with Crippen molar-refractivity contribution in [2.45, 2.75) is 83.0 Å². The summed E-state index contributed by atoms with van der Waals surface area (Å²) in [5.74, 6) is 2.12. The van der Waals surface area contributed by atoms with Crippen LogP contribution >= 0.6 is 0 Å². The van der Waals surface area contributed by atoms with Crippen molar-refractivity contribution in [3.05, 3.63) is 216 Å². The highest BCUT2D eigenvalue weighted by Gasteiger charge is 2.52. The van der Waals surface area contributed by atoms with Crippen LogP contribution in [0.5, 0.6) is 0 Å². The Balaban J connectivity index is 1.02. The van der Waals surface area contributed by atoms with E-state index in [0.29, 0.717) is 11.8 Å². The van der Waals surface area contributed by atoms with Crippen LogP contribution in [-0.4, -0.2) is 0 Å². The maximum atomic E-state index is 4.01. The van der Waals surface area contributed by atoms with E-state index < -0.39 is 0 Å². The molecule has 0 radical (unpaired) electrons. The summed E-state index contributed by atoms with van der Waals surface area (Å²) in [6, 6.07) is 66.4. The van der Waals surface area contributed by atoms with E-state index in [1.54, 1.807) is 0 Å². The van der Waals surface area contributed by atoms with Crippen molar-refractivity contribution in [3.63, 3.8) is 0 Å². The minimum absolute atomic E-state index is 0.00208. The first-order chi connectivity index (χ1) is 30.4. The molecular formula is C60H60N2. The molecule has 10 rings (SSSR count). The third-order valence-electron chi connectivity index (χ3n) is 15.1. The number of anilines is 6. The molecule has 0 saturated heterocycles. The maximum Gasteiger partial charge on any atom is 0.0465 e. The Kier molecular flexibility index (Phi) is 10.7. The minimum Gasteiger partial charge on any atom is -0.311 e. The summed E-state index contributed by atoms with van der Waals surface area (Å²) in [6.45, 7) is 11.1. The van der Waals surface area contributed by atoms with Gasteiger partial charge in [-0.15, -0.1) is 6.58 Å². The van der Waals surface area contributed by atoms with Gasteiger partial charge in [0.2, 0.25) is 0 Å². The summed E-state index contributed by atoms with van der Waals surface area (Å²) < 4.78 is 0. The molecule has 2 heteroatoms. The van der Waals surface area contributed by atoms with Crippen LogP contribution in [0.25, 0.3) is 11.1 Å². The Morgan fingerprint density at radius 2 is 1.10 bits per heavy atom. The number of aryl methyl sites for hydroxylation is 1. The summed E-state index contributed by atoms with van der Waals surface area (Å²) in [5.41, 5.74) is 16.9. The molecule has 0 heterocycles.